The van der Waals surface area contributed by atoms with Gasteiger partial charge in [-0.2, -0.15) is 5.10 Å². The average Bonchev–Trinajstić information content (AvgIpc) is 2.89. The molecule has 0 saturated carbocycles. The van der Waals surface area contributed by atoms with E-state index in [9.17, 15) is 0 Å². The number of nitrogens with one attached hydrogen (secondary N) is 1. The van der Waals surface area contributed by atoms with Gasteiger partial charge in [-0.15, -0.1) is 0 Å². The van der Waals surface area contributed by atoms with Crippen LogP contribution in [-0.2, 0) is 26.6 Å². The summed E-state index contributed by atoms with van der Waals surface area (Å²) in [6, 6.07) is 0. The van der Waals surface area contributed by atoms with Crippen LogP contribution in [0.4, 0.5) is 0 Å². The van der Waals surface area contributed by atoms with Crippen LogP contribution in [0.15, 0.2) is 16.9 Å². The molecule has 0 bridgehead atoms. The van der Waals surface area contributed by atoms with Crippen LogP contribution in [0.25, 0.3) is 0 Å². The summed E-state index contributed by atoms with van der Waals surface area (Å²) < 4.78 is 5.18. The summed E-state index contributed by atoms with van der Waals surface area (Å²) in [6.45, 7) is 3.66. The largest absolute Gasteiger partial charge is 0.328 e. The minimum absolute atomic E-state index is 0.767. The fourth-order valence-electron chi connectivity index (χ4n) is 1.96. The number of nitrogens with zero attached hydrogens (tertiary/aromatic N) is 4. The molecule has 5 nitrogen and oxygen atoms in total. The molecular formula is C12H18BrN5. The standard InChI is InChI=1S/C12H18BrN5/c1-4-9-12(13)10(17(3)16-9)8-18-6-5-15-11(18)7-14-2/h5-6,14H,4,7-8H2,1-3H3. The summed E-state index contributed by atoms with van der Waals surface area (Å²) in [7, 11) is 3.90. The van der Waals surface area contributed by atoms with E-state index in [0.29, 0.717) is 0 Å². The molecule has 0 fully saturated rings. The van der Waals surface area contributed by atoms with Crippen molar-refractivity contribution in [2.75, 3.05) is 7.05 Å². The Bertz CT molecular complexity index is 529. The lowest BCUT2D eigenvalue weighted by Crippen LogP contribution is -2.14. The molecule has 0 aliphatic heterocycles. The molecule has 0 amide bonds. The first-order valence-corrected chi connectivity index (χ1v) is 6.81. The minimum atomic E-state index is 0.767. The van der Waals surface area contributed by atoms with E-state index in [1.165, 1.54) is 5.69 Å². The summed E-state index contributed by atoms with van der Waals surface area (Å²) in [6.07, 6.45) is 4.76. The zero-order valence-electron chi connectivity index (χ0n) is 10.9. The maximum Gasteiger partial charge on any atom is 0.123 e. The zero-order chi connectivity index (χ0) is 13.1. The molecule has 2 aromatic heterocycles. The lowest BCUT2D eigenvalue weighted by molar-refractivity contribution is 0.623. The molecule has 0 aliphatic carbocycles. The van der Waals surface area contributed by atoms with E-state index < -0.39 is 0 Å². The van der Waals surface area contributed by atoms with E-state index in [1.54, 1.807) is 0 Å². The Kier molecular flexibility index (Phi) is 4.19. The Hall–Kier alpha value is -1.14. The third-order valence-corrected chi connectivity index (χ3v) is 3.88. The van der Waals surface area contributed by atoms with Crippen molar-refractivity contribution in [1.82, 2.24) is 24.6 Å². The third kappa shape index (κ3) is 2.49. The zero-order valence-corrected chi connectivity index (χ0v) is 12.5. The van der Waals surface area contributed by atoms with Gasteiger partial charge in [-0.1, -0.05) is 6.92 Å². The van der Waals surface area contributed by atoms with E-state index in [-0.39, 0.29) is 0 Å². The molecule has 6 heteroatoms. The van der Waals surface area contributed by atoms with Gasteiger partial charge in [0, 0.05) is 19.4 Å². The van der Waals surface area contributed by atoms with Crippen molar-refractivity contribution >= 4 is 15.9 Å². The van der Waals surface area contributed by atoms with E-state index in [1.807, 2.05) is 31.2 Å². The molecule has 0 atom stereocenters. The smallest absolute Gasteiger partial charge is 0.123 e. The molecule has 2 heterocycles. The quantitative estimate of drug-likeness (QED) is 0.914. The molecule has 0 unspecified atom stereocenters. The van der Waals surface area contributed by atoms with Crippen LogP contribution in [0, 0.1) is 0 Å². The van der Waals surface area contributed by atoms with Gasteiger partial charge in [0.05, 0.1) is 29.0 Å². The maximum atomic E-state index is 4.51. The minimum Gasteiger partial charge on any atom is -0.328 e. The maximum absolute atomic E-state index is 4.51. The summed E-state index contributed by atoms with van der Waals surface area (Å²) in [5.41, 5.74) is 2.27. The van der Waals surface area contributed by atoms with Gasteiger partial charge >= 0.3 is 0 Å². The summed E-state index contributed by atoms with van der Waals surface area (Å²) >= 11 is 3.64. The lowest BCUT2D eigenvalue weighted by Gasteiger charge is -2.08. The van der Waals surface area contributed by atoms with Crippen LogP contribution in [0.2, 0.25) is 0 Å². The van der Waals surface area contributed by atoms with Gasteiger partial charge in [0.2, 0.25) is 0 Å². The van der Waals surface area contributed by atoms with Crippen molar-refractivity contribution in [2.45, 2.75) is 26.4 Å². The number of hydrogen-bond acceptors (Lipinski definition) is 3. The van der Waals surface area contributed by atoms with Gasteiger partial charge in [0.15, 0.2) is 0 Å². The third-order valence-electron chi connectivity index (χ3n) is 2.96. The van der Waals surface area contributed by atoms with Crippen molar-refractivity contribution in [3.05, 3.63) is 34.1 Å². The second-order valence-electron chi connectivity index (χ2n) is 4.19. The molecule has 0 spiro atoms. The van der Waals surface area contributed by atoms with Crippen molar-refractivity contribution in [3.8, 4) is 0 Å². The first-order chi connectivity index (χ1) is 8.67. The monoisotopic (exact) mass is 311 g/mol. The van der Waals surface area contributed by atoms with Gasteiger partial charge in [-0.25, -0.2) is 4.98 Å². The summed E-state index contributed by atoms with van der Waals surface area (Å²) in [5.74, 6) is 1.03. The molecule has 2 aromatic rings. The highest BCUT2D eigenvalue weighted by molar-refractivity contribution is 9.10. The van der Waals surface area contributed by atoms with Crippen LogP contribution >= 0.6 is 15.9 Å². The molecule has 2 rings (SSSR count). The second-order valence-corrected chi connectivity index (χ2v) is 4.98. The number of rotatable bonds is 5. The van der Waals surface area contributed by atoms with Crippen molar-refractivity contribution < 1.29 is 0 Å². The Morgan fingerprint density at radius 1 is 1.44 bits per heavy atom. The van der Waals surface area contributed by atoms with Crippen molar-refractivity contribution in [1.29, 1.82) is 0 Å². The predicted octanol–water partition coefficient (Wildman–Crippen LogP) is 1.71. The first kappa shape index (κ1) is 13.3. The van der Waals surface area contributed by atoms with Crippen LogP contribution < -0.4 is 5.32 Å². The average molecular weight is 312 g/mol. The topological polar surface area (TPSA) is 47.7 Å². The van der Waals surface area contributed by atoms with E-state index >= 15 is 0 Å². The first-order valence-electron chi connectivity index (χ1n) is 6.02. The van der Waals surface area contributed by atoms with Gasteiger partial charge in [-0.3, -0.25) is 4.68 Å². The molecule has 1 N–H and O–H groups in total. The number of aryl methyl sites for hydroxylation is 2. The van der Waals surface area contributed by atoms with Gasteiger partial charge in [0.1, 0.15) is 5.82 Å². The Morgan fingerprint density at radius 2 is 2.22 bits per heavy atom. The summed E-state index contributed by atoms with van der Waals surface area (Å²) in [4.78, 5) is 4.34. The van der Waals surface area contributed by atoms with Crippen LogP contribution in [0.1, 0.15) is 24.1 Å². The molecule has 98 valence electrons. The molecule has 0 radical (unpaired) electrons. The lowest BCUT2D eigenvalue weighted by atomic mass is 10.3. The van der Waals surface area contributed by atoms with Gasteiger partial charge < -0.3 is 9.88 Å². The number of hydrogen-bond donors (Lipinski definition) is 1. The highest BCUT2D eigenvalue weighted by atomic mass is 79.9. The Labute approximate surface area is 115 Å². The Balaban J connectivity index is 2.28. The van der Waals surface area contributed by atoms with E-state index in [0.717, 1.165) is 35.5 Å². The predicted molar refractivity (Wildman–Crippen MR) is 74.4 cm³/mol. The van der Waals surface area contributed by atoms with E-state index in [4.69, 9.17) is 0 Å². The highest BCUT2D eigenvalue weighted by Crippen LogP contribution is 2.22. The summed E-state index contributed by atoms with van der Waals surface area (Å²) in [5, 5.41) is 7.63. The molecule has 0 aliphatic rings. The van der Waals surface area contributed by atoms with Gasteiger partial charge in [-0.05, 0) is 29.4 Å². The van der Waals surface area contributed by atoms with Crippen molar-refractivity contribution in [3.63, 3.8) is 0 Å². The number of halogens is 1. The Morgan fingerprint density at radius 3 is 2.83 bits per heavy atom. The van der Waals surface area contributed by atoms with Crippen LogP contribution in [0.5, 0.6) is 0 Å². The van der Waals surface area contributed by atoms with Crippen LogP contribution in [-0.4, -0.2) is 26.4 Å². The van der Waals surface area contributed by atoms with Gasteiger partial charge in [0.25, 0.3) is 0 Å². The van der Waals surface area contributed by atoms with E-state index in [2.05, 4.69) is 42.8 Å². The van der Waals surface area contributed by atoms with Crippen LogP contribution in [0.3, 0.4) is 0 Å². The molecule has 18 heavy (non-hydrogen) atoms. The number of aromatic nitrogens is 4. The number of imidazole rings is 1. The van der Waals surface area contributed by atoms with Crippen molar-refractivity contribution in [2.24, 2.45) is 7.05 Å². The normalized spacial score (nSPS) is 11.1. The second kappa shape index (κ2) is 5.67. The highest BCUT2D eigenvalue weighted by Gasteiger charge is 2.13. The fourth-order valence-corrected chi connectivity index (χ4v) is 2.70. The molecule has 0 saturated heterocycles. The SMILES string of the molecule is CCc1nn(C)c(Cn2ccnc2CNC)c1Br. The molecule has 0 aromatic carbocycles. The fraction of sp³-hybridized carbons (Fsp3) is 0.500. The molecular weight excluding hydrogens is 294 g/mol.